The maximum atomic E-state index is 12.8. The van der Waals surface area contributed by atoms with E-state index in [1.807, 2.05) is 50.2 Å². The van der Waals surface area contributed by atoms with Gasteiger partial charge in [-0.1, -0.05) is 23.2 Å². The van der Waals surface area contributed by atoms with Gasteiger partial charge in [-0.15, -0.1) is 10.2 Å². The molecule has 35 heavy (non-hydrogen) atoms. The summed E-state index contributed by atoms with van der Waals surface area (Å²) in [7, 11) is 1.42. The molecule has 0 radical (unpaired) electrons. The van der Waals surface area contributed by atoms with E-state index in [4.69, 9.17) is 44.9 Å². The minimum atomic E-state index is -0.510. The van der Waals surface area contributed by atoms with E-state index in [1.165, 1.54) is 19.2 Å². The van der Waals surface area contributed by atoms with E-state index in [2.05, 4.69) is 20.8 Å². The quantitative estimate of drug-likeness (QED) is 0.315. The molecular formula is C24H21Cl2N5O3S. The maximum Gasteiger partial charge on any atom is 0.261 e. The molecule has 4 aromatic rings. The number of amides is 1. The van der Waals surface area contributed by atoms with Crippen molar-refractivity contribution in [3.8, 4) is 17.2 Å². The Morgan fingerprint density at radius 3 is 2.43 bits per heavy atom. The molecule has 0 aliphatic rings. The highest BCUT2D eigenvalue weighted by atomic mass is 35.5. The molecule has 0 saturated carbocycles. The Labute approximate surface area is 217 Å². The smallest absolute Gasteiger partial charge is 0.261 e. The van der Waals surface area contributed by atoms with Crippen molar-refractivity contribution in [2.45, 2.75) is 13.8 Å². The first-order valence-corrected chi connectivity index (χ1v) is 11.7. The van der Waals surface area contributed by atoms with Crippen LogP contribution in [0.3, 0.4) is 0 Å². The highest BCUT2D eigenvalue weighted by molar-refractivity contribution is 7.80. The second kappa shape index (κ2) is 10.5. The van der Waals surface area contributed by atoms with Gasteiger partial charge in [-0.2, -0.15) is 4.80 Å². The summed E-state index contributed by atoms with van der Waals surface area (Å²) in [5, 5.41) is 15.4. The Morgan fingerprint density at radius 2 is 1.77 bits per heavy atom. The minimum Gasteiger partial charge on any atom is -0.494 e. The van der Waals surface area contributed by atoms with Crippen LogP contribution < -0.4 is 20.1 Å². The number of aromatic nitrogens is 3. The molecule has 4 rings (SSSR count). The van der Waals surface area contributed by atoms with Crippen LogP contribution in [0.5, 0.6) is 11.5 Å². The molecule has 11 heteroatoms. The number of carbonyl (C=O) groups is 1. The SMILES string of the molecule is CCOc1ccc(-n2nc3cc(C)c(NC(=S)NC(=O)c4cc(Cl)cc(Cl)c4OC)cc3n2)cc1. The van der Waals surface area contributed by atoms with E-state index in [1.54, 1.807) is 4.80 Å². The summed E-state index contributed by atoms with van der Waals surface area (Å²) >= 11 is 17.5. The van der Waals surface area contributed by atoms with Crippen molar-refractivity contribution in [2.24, 2.45) is 0 Å². The van der Waals surface area contributed by atoms with Crippen LogP contribution in [0.2, 0.25) is 10.0 Å². The van der Waals surface area contributed by atoms with E-state index >= 15 is 0 Å². The van der Waals surface area contributed by atoms with Gasteiger partial charge in [0.25, 0.3) is 5.91 Å². The zero-order valence-corrected chi connectivity index (χ0v) is 21.4. The Bertz CT molecular complexity index is 1420. The lowest BCUT2D eigenvalue weighted by atomic mass is 10.1. The molecular weight excluding hydrogens is 509 g/mol. The van der Waals surface area contributed by atoms with Crippen LogP contribution in [0, 0.1) is 6.92 Å². The molecule has 0 atom stereocenters. The van der Waals surface area contributed by atoms with Crippen molar-refractivity contribution in [1.82, 2.24) is 20.3 Å². The number of aryl methyl sites for hydroxylation is 1. The molecule has 0 unspecified atom stereocenters. The van der Waals surface area contributed by atoms with Crippen LogP contribution in [0.25, 0.3) is 16.7 Å². The van der Waals surface area contributed by atoms with Gasteiger partial charge in [0.2, 0.25) is 0 Å². The molecule has 0 saturated heterocycles. The maximum absolute atomic E-state index is 12.8. The van der Waals surface area contributed by atoms with Crippen LogP contribution in [0.4, 0.5) is 5.69 Å². The number of methoxy groups -OCH3 is 1. The first kappa shape index (κ1) is 24.7. The first-order valence-electron chi connectivity index (χ1n) is 10.6. The second-order valence-electron chi connectivity index (χ2n) is 7.45. The van der Waals surface area contributed by atoms with Crippen LogP contribution in [-0.4, -0.2) is 39.7 Å². The summed E-state index contributed by atoms with van der Waals surface area (Å²) in [5.41, 5.74) is 3.89. The predicted octanol–water partition coefficient (Wildman–Crippen LogP) is 5.57. The van der Waals surface area contributed by atoms with Gasteiger partial charge >= 0.3 is 0 Å². The highest BCUT2D eigenvalue weighted by Crippen LogP contribution is 2.32. The minimum absolute atomic E-state index is 0.0921. The summed E-state index contributed by atoms with van der Waals surface area (Å²) in [6, 6.07) is 14.2. The average molecular weight is 530 g/mol. The van der Waals surface area contributed by atoms with Crippen molar-refractivity contribution in [3.05, 3.63) is 69.7 Å². The van der Waals surface area contributed by atoms with Crippen LogP contribution >= 0.6 is 35.4 Å². The number of ether oxygens (including phenoxy) is 2. The summed E-state index contributed by atoms with van der Waals surface area (Å²) in [4.78, 5) is 14.3. The monoisotopic (exact) mass is 529 g/mol. The number of carbonyl (C=O) groups excluding carboxylic acids is 1. The molecule has 0 fully saturated rings. The Kier molecular flexibility index (Phi) is 7.39. The van der Waals surface area contributed by atoms with E-state index in [0.717, 1.165) is 22.5 Å². The molecule has 1 amide bonds. The van der Waals surface area contributed by atoms with Gasteiger partial charge < -0.3 is 14.8 Å². The van der Waals surface area contributed by atoms with Gasteiger partial charge in [0, 0.05) is 10.7 Å². The standard InChI is InChI=1S/C24H21Cl2N5O3S/c1-4-34-16-7-5-15(6-8-16)31-29-20-9-13(2)19(12-21(20)30-31)27-24(35)28-23(32)17-10-14(25)11-18(26)22(17)33-3/h5-12H,4H2,1-3H3,(H2,27,28,32,35). The molecule has 180 valence electrons. The second-order valence-corrected chi connectivity index (χ2v) is 8.70. The van der Waals surface area contributed by atoms with E-state index in [0.29, 0.717) is 22.8 Å². The third-order valence-electron chi connectivity index (χ3n) is 5.04. The molecule has 2 N–H and O–H groups in total. The topological polar surface area (TPSA) is 90.3 Å². The van der Waals surface area contributed by atoms with Gasteiger partial charge in [0.05, 0.1) is 30.0 Å². The van der Waals surface area contributed by atoms with Gasteiger partial charge in [-0.05, 0) is 80.2 Å². The van der Waals surface area contributed by atoms with E-state index in [9.17, 15) is 4.79 Å². The molecule has 0 aliphatic heterocycles. The van der Waals surface area contributed by atoms with Crippen LogP contribution in [0.15, 0.2) is 48.5 Å². The molecule has 0 bridgehead atoms. The lowest BCUT2D eigenvalue weighted by Crippen LogP contribution is -2.34. The average Bonchev–Trinajstić information content (AvgIpc) is 3.22. The molecule has 3 aromatic carbocycles. The molecule has 0 aliphatic carbocycles. The molecule has 1 heterocycles. The number of rotatable bonds is 6. The lowest BCUT2D eigenvalue weighted by Gasteiger charge is -2.14. The van der Waals surface area contributed by atoms with Gasteiger partial charge in [-0.25, -0.2) is 0 Å². The lowest BCUT2D eigenvalue weighted by molar-refractivity contribution is 0.0974. The third-order valence-corrected chi connectivity index (χ3v) is 5.74. The number of hydrogen-bond acceptors (Lipinski definition) is 6. The number of anilines is 1. The van der Waals surface area contributed by atoms with Gasteiger partial charge in [-0.3, -0.25) is 10.1 Å². The molecule has 1 aromatic heterocycles. The first-order chi connectivity index (χ1) is 16.8. The molecule has 0 spiro atoms. The Balaban J connectivity index is 1.53. The van der Waals surface area contributed by atoms with Gasteiger partial charge in [0.1, 0.15) is 22.5 Å². The summed E-state index contributed by atoms with van der Waals surface area (Å²) in [5.74, 6) is 0.479. The van der Waals surface area contributed by atoms with Gasteiger partial charge in [0.15, 0.2) is 5.11 Å². The Hall–Kier alpha value is -3.40. The zero-order valence-electron chi connectivity index (χ0n) is 19.1. The Morgan fingerprint density at radius 1 is 1.09 bits per heavy atom. The molecule has 8 nitrogen and oxygen atoms in total. The van der Waals surface area contributed by atoms with Crippen molar-refractivity contribution >= 4 is 63.2 Å². The van der Waals surface area contributed by atoms with Crippen molar-refractivity contribution in [1.29, 1.82) is 0 Å². The fourth-order valence-corrected chi connectivity index (χ4v) is 4.19. The number of thiocarbonyl (C=S) groups is 1. The summed E-state index contributed by atoms with van der Waals surface area (Å²) in [6.07, 6.45) is 0. The van der Waals surface area contributed by atoms with Crippen LogP contribution in [-0.2, 0) is 0 Å². The number of hydrogen-bond donors (Lipinski definition) is 2. The number of nitrogens with one attached hydrogen (secondary N) is 2. The van der Waals surface area contributed by atoms with Crippen molar-refractivity contribution in [2.75, 3.05) is 19.0 Å². The number of nitrogens with zero attached hydrogens (tertiary/aromatic N) is 3. The highest BCUT2D eigenvalue weighted by Gasteiger charge is 2.18. The predicted molar refractivity (Wildman–Crippen MR) is 141 cm³/mol. The fraction of sp³-hybridized carbons (Fsp3) is 0.167. The number of halogens is 2. The van der Waals surface area contributed by atoms with Crippen molar-refractivity contribution in [3.63, 3.8) is 0 Å². The third kappa shape index (κ3) is 5.48. The van der Waals surface area contributed by atoms with Crippen molar-refractivity contribution < 1.29 is 14.3 Å². The van der Waals surface area contributed by atoms with E-state index < -0.39 is 5.91 Å². The van der Waals surface area contributed by atoms with Crippen LogP contribution in [0.1, 0.15) is 22.8 Å². The number of benzene rings is 3. The summed E-state index contributed by atoms with van der Waals surface area (Å²) < 4.78 is 10.7. The van der Waals surface area contributed by atoms with E-state index in [-0.39, 0.29) is 21.4 Å². The summed E-state index contributed by atoms with van der Waals surface area (Å²) in [6.45, 7) is 4.44. The normalized spacial score (nSPS) is 10.8. The zero-order chi connectivity index (χ0) is 25.1. The fourth-order valence-electron chi connectivity index (χ4n) is 3.42. The number of fused-ring (bicyclic) bond motifs is 1. The largest absolute Gasteiger partial charge is 0.494 e.